The van der Waals surface area contributed by atoms with E-state index in [1.807, 2.05) is 31.2 Å². The highest BCUT2D eigenvalue weighted by Gasteiger charge is 1.96. The van der Waals surface area contributed by atoms with Crippen molar-refractivity contribution in [2.75, 3.05) is 18.4 Å². The third-order valence-corrected chi connectivity index (χ3v) is 1.86. The minimum absolute atomic E-state index is 0.406. The van der Waals surface area contributed by atoms with E-state index in [1.165, 1.54) is 0 Å². The Labute approximate surface area is 82.9 Å². The lowest BCUT2D eigenvalue weighted by molar-refractivity contribution is 0.195. The van der Waals surface area contributed by atoms with Gasteiger partial charge in [0, 0.05) is 18.8 Å². The van der Waals surface area contributed by atoms with Crippen molar-refractivity contribution in [1.29, 1.82) is 0 Å². The van der Waals surface area contributed by atoms with Crippen molar-refractivity contribution in [2.45, 2.75) is 6.92 Å². The van der Waals surface area contributed by atoms with Crippen LogP contribution in [0.3, 0.4) is 0 Å². The molecule has 0 saturated carbocycles. The largest absolute Gasteiger partial charge is 0.465 e. The van der Waals surface area contributed by atoms with Crippen LogP contribution in [-0.2, 0) is 0 Å². The fourth-order valence-corrected chi connectivity index (χ4v) is 1.14. The quantitative estimate of drug-likeness (QED) is 0.639. The van der Waals surface area contributed by atoms with Gasteiger partial charge >= 0.3 is 6.09 Å². The second kappa shape index (κ2) is 5.11. The van der Waals surface area contributed by atoms with Gasteiger partial charge < -0.3 is 15.7 Å². The molecule has 3 N–H and O–H groups in total. The Bertz CT molecular complexity index is 313. The lowest BCUT2D eigenvalue weighted by Gasteiger charge is -2.08. The number of amides is 1. The first-order valence-corrected chi connectivity index (χ1v) is 4.46. The van der Waals surface area contributed by atoms with Crippen molar-refractivity contribution in [3.05, 3.63) is 29.8 Å². The molecular formula is C10H14N2O2. The number of hydrogen-bond donors (Lipinski definition) is 3. The molecule has 0 fully saturated rings. The summed E-state index contributed by atoms with van der Waals surface area (Å²) >= 11 is 0. The highest BCUT2D eigenvalue weighted by Crippen LogP contribution is 2.11. The molecule has 0 radical (unpaired) electrons. The van der Waals surface area contributed by atoms with Crippen LogP contribution >= 0.6 is 0 Å². The monoisotopic (exact) mass is 194 g/mol. The summed E-state index contributed by atoms with van der Waals surface area (Å²) in [7, 11) is 0. The molecule has 4 nitrogen and oxygen atoms in total. The van der Waals surface area contributed by atoms with E-state index >= 15 is 0 Å². The molecule has 0 spiro atoms. The van der Waals surface area contributed by atoms with E-state index in [1.54, 1.807) is 0 Å². The van der Waals surface area contributed by atoms with Crippen molar-refractivity contribution in [3.8, 4) is 0 Å². The molecule has 1 aromatic carbocycles. The van der Waals surface area contributed by atoms with Crippen molar-refractivity contribution in [3.63, 3.8) is 0 Å². The number of anilines is 1. The number of nitrogens with one attached hydrogen (secondary N) is 2. The standard InChI is InChI=1S/C10H14N2O2/c1-8-4-2-3-5-9(8)11-6-7-12-10(13)14/h2-5,11-12H,6-7H2,1H3,(H,13,14). The molecule has 0 bridgehead atoms. The summed E-state index contributed by atoms with van der Waals surface area (Å²) in [6.45, 7) is 3.01. The molecule has 0 aromatic heterocycles. The van der Waals surface area contributed by atoms with Crippen molar-refractivity contribution in [1.82, 2.24) is 5.32 Å². The van der Waals surface area contributed by atoms with Gasteiger partial charge in [0.05, 0.1) is 0 Å². The van der Waals surface area contributed by atoms with Gasteiger partial charge in [0.1, 0.15) is 0 Å². The summed E-state index contributed by atoms with van der Waals surface area (Å²) in [6.07, 6.45) is -0.989. The van der Waals surface area contributed by atoms with Gasteiger partial charge in [0.25, 0.3) is 0 Å². The second-order valence-corrected chi connectivity index (χ2v) is 2.97. The Kier molecular flexibility index (Phi) is 3.79. The van der Waals surface area contributed by atoms with Crippen LogP contribution in [0.4, 0.5) is 10.5 Å². The second-order valence-electron chi connectivity index (χ2n) is 2.97. The molecule has 1 aromatic rings. The Morgan fingerprint density at radius 3 is 2.71 bits per heavy atom. The third-order valence-electron chi connectivity index (χ3n) is 1.86. The molecule has 0 aliphatic carbocycles. The number of para-hydroxylation sites is 1. The molecule has 1 rings (SSSR count). The number of rotatable bonds is 4. The number of carboxylic acid groups (broad SMARTS) is 1. The lowest BCUT2D eigenvalue weighted by atomic mass is 10.2. The number of aryl methyl sites for hydroxylation is 1. The fourth-order valence-electron chi connectivity index (χ4n) is 1.14. The SMILES string of the molecule is Cc1ccccc1NCCNC(=O)O. The van der Waals surface area contributed by atoms with Gasteiger partial charge in [-0.25, -0.2) is 4.79 Å². The molecule has 1 amide bonds. The number of carbonyl (C=O) groups is 1. The minimum Gasteiger partial charge on any atom is -0.465 e. The molecule has 76 valence electrons. The van der Waals surface area contributed by atoms with Crippen molar-refractivity contribution >= 4 is 11.8 Å². The number of benzene rings is 1. The van der Waals surface area contributed by atoms with Crippen LogP contribution in [0.1, 0.15) is 5.56 Å². The van der Waals surface area contributed by atoms with Crippen molar-refractivity contribution < 1.29 is 9.90 Å². The smallest absolute Gasteiger partial charge is 0.404 e. The molecular weight excluding hydrogens is 180 g/mol. The van der Waals surface area contributed by atoms with Crippen LogP contribution in [0.15, 0.2) is 24.3 Å². The average molecular weight is 194 g/mol. The van der Waals surface area contributed by atoms with Crippen LogP contribution in [0.25, 0.3) is 0 Å². The van der Waals surface area contributed by atoms with Gasteiger partial charge in [-0.05, 0) is 18.6 Å². The topological polar surface area (TPSA) is 61.4 Å². The Balaban J connectivity index is 2.31. The molecule has 0 aliphatic heterocycles. The lowest BCUT2D eigenvalue weighted by Crippen LogP contribution is -2.27. The summed E-state index contributed by atoms with van der Waals surface area (Å²) in [4.78, 5) is 10.1. The van der Waals surface area contributed by atoms with E-state index in [4.69, 9.17) is 5.11 Å². The zero-order valence-electron chi connectivity index (χ0n) is 8.08. The van der Waals surface area contributed by atoms with Crippen LogP contribution < -0.4 is 10.6 Å². The molecule has 0 aliphatic rings. The fraction of sp³-hybridized carbons (Fsp3) is 0.300. The Morgan fingerprint density at radius 2 is 2.07 bits per heavy atom. The molecule has 0 atom stereocenters. The maximum Gasteiger partial charge on any atom is 0.404 e. The molecule has 0 unspecified atom stereocenters. The first kappa shape index (κ1) is 10.4. The maximum absolute atomic E-state index is 10.1. The predicted octanol–water partition coefficient (Wildman–Crippen LogP) is 1.67. The molecule has 0 saturated heterocycles. The summed E-state index contributed by atoms with van der Waals surface area (Å²) in [5, 5.41) is 13.8. The number of hydrogen-bond acceptors (Lipinski definition) is 2. The van der Waals surface area contributed by atoms with Gasteiger partial charge in [-0.1, -0.05) is 18.2 Å². The highest BCUT2D eigenvalue weighted by atomic mass is 16.4. The van der Waals surface area contributed by atoms with E-state index in [-0.39, 0.29) is 0 Å². The van der Waals surface area contributed by atoms with E-state index < -0.39 is 6.09 Å². The van der Waals surface area contributed by atoms with Gasteiger partial charge in [0.15, 0.2) is 0 Å². The predicted molar refractivity (Wildman–Crippen MR) is 55.7 cm³/mol. The Hall–Kier alpha value is -1.71. The van der Waals surface area contributed by atoms with E-state index in [0.29, 0.717) is 13.1 Å². The molecule has 0 heterocycles. The first-order chi connectivity index (χ1) is 6.70. The summed E-state index contributed by atoms with van der Waals surface area (Å²) in [5.41, 5.74) is 2.20. The zero-order valence-corrected chi connectivity index (χ0v) is 8.08. The first-order valence-electron chi connectivity index (χ1n) is 4.46. The Morgan fingerprint density at radius 1 is 1.36 bits per heavy atom. The van der Waals surface area contributed by atoms with E-state index in [2.05, 4.69) is 10.6 Å². The summed E-state index contributed by atoms with van der Waals surface area (Å²) in [5.74, 6) is 0. The minimum atomic E-state index is -0.989. The summed E-state index contributed by atoms with van der Waals surface area (Å²) in [6, 6.07) is 7.89. The third kappa shape index (κ3) is 3.35. The molecule has 4 heteroatoms. The van der Waals surface area contributed by atoms with Crippen LogP contribution in [0, 0.1) is 6.92 Å². The van der Waals surface area contributed by atoms with E-state index in [9.17, 15) is 4.79 Å². The molecule has 14 heavy (non-hydrogen) atoms. The van der Waals surface area contributed by atoms with Crippen molar-refractivity contribution in [2.24, 2.45) is 0 Å². The normalized spacial score (nSPS) is 9.50. The van der Waals surface area contributed by atoms with Gasteiger partial charge in [-0.3, -0.25) is 0 Å². The van der Waals surface area contributed by atoms with Gasteiger partial charge in [-0.15, -0.1) is 0 Å². The van der Waals surface area contributed by atoms with Gasteiger partial charge in [0.2, 0.25) is 0 Å². The average Bonchev–Trinajstić information content (AvgIpc) is 2.15. The highest BCUT2D eigenvalue weighted by molar-refractivity contribution is 5.64. The van der Waals surface area contributed by atoms with Crippen LogP contribution in [-0.4, -0.2) is 24.3 Å². The maximum atomic E-state index is 10.1. The van der Waals surface area contributed by atoms with Crippen LogP contribution in [0.2, 0.25) is 0 Å². The zero-order chi connectivity index (χ0) is 10.4. The van der Waals surface area contributed by atoms with E-state index in [0.717, 1.165) is 11.3 Å². The van der Waals surface area contributed by atoms with Gasteiger partial charge in [-0.2, -0.15) is 0 Å². The van der Waals surface area contributed by atoms with Crippen LogP contribution in [0.5, 0.6) is 0 Å². The summed E-state index contributed by atoms with van der Waals surface area (Å²) < 4.78 is 0.